The Labute approximate surface area is 75.6 Å². The number of fused-ring (bicyclic) bond motifs is 3. The van der Waals surface area contributed by atoms with Gasteiger partial charge in [0.25, 0.3) is 0 Å². The fourth-order valence-electron chi connectivity index (χ4n) is 2.53. The van der Waals surface area contributed by atoms with Gasteiger partial charge in [-0.3, -0.25) is 0 Å². The lowest BCUT2D eigenvalue weighted by molar-refractivity contribution is -0.671. The largest absolute Gasteiger partial charge is 0.446 e. The van der Waals surface area contributed by atoms with E-state index in [1.54, 1.807) is 12.2 Å². The van der Waals surface area contributed by atoms with E-state index in [4.69, 9.17) is 9.47 Å². The third-order valence-electron chi connectivity index (χ3n) is 3.47. The van der Waals surface area contributed by atoms with Crippen molar-refractivity contribution in [1.29, 1.82) is 0 Å². The van der Waals surface area contributed by atoms with Crippen molar-refractivity contribution in [3.8, 4) is 0 Å². The van der Waals surface area contributed by atoms with E-state index >= 15 is 0 Å². The van der Waals surface area contributed by atoms with Crippen molar-refractivity contribution < 1.29 is 25.0 Å². The quantitative estimate of drug-likeness (QED) is 0.325. The summed E-state index contributed by atoms with van der Waals surface area (Å²) >= 11 is 0. The van der Waals surface area contributed by atoms with Crippen LogP contribution in [0.25, 0.3) is 0 Å². The molecule has 1 aliphatic carbocycles. The molecule has 5 nitrogen and oxygen atoms in total. The highest BCUT2D eigenvalue weighted by molar-refractivity contribution is 5.31. The first-order valence-electron chi connectivity index (χ1n) is 4.44. The minimum absolute atomic E-state index is 0.102. The smallest absolute Gasteiger partial charge is 0.236 e. The van der Waals surface area contributed by atoms with Crippen molar-refractivity contribution in [2.75, 3.05) is 0 Å². The van der Waals surface area contributed by atoms with Gasteiger partial charge in [0.1, 0.15) is 6.10 Å². The van der Waals surface area contributed by atoms with Gasteiger partial charge in [0.15, 0.2) is 17.8 Å². The van der Waals surface area contributed by atoms with Gasteiger partial charge < -0.3 is 25.0 Å². The minimum atomic E-state index is -1.24. The Hall–Kier alpha value is -0.200. The summed E-state index contributed by atoms with van der Waals surface area (Å²) in [4.78, 5) is 0. The highest BCUT2D eigenvalue weighted by atomic mass is 16.7. The van der Waals surface area contributed by atoms with Crippen LogP contribution in [0.4, 0.5) is 0 Å². The molecule has 0 unspecified atom stereocenters. The van der Waals surface area contributed by atoms with Gasteiger partial charge in [0.05, 0.1) is 6.10 Å². The number of quaternary nitrogens is 1. The minimum Gasteiger partial charge on any atom is -0.446 e. The molecule has 2 heterocycles. The van der Waals surface area contributed by atoms with Crippen molar-refractivity contribution >= 4 is 0 Å². The Morgan fingerprint density at radius 2 is 2.23 bits per heavy atom. The van der Waals surface area contributed by atoms with Gasteiger partial charge in [0, 0.05) is 0 Å². The van der Waals surface area contributed by atoms with Crippen LogP contribution in [0, 0.1) is 7.05 Å². The lowest BCUT2D eigenvalue weighted by Crippen LogP contribution is -2.89. The van der Waals surface area contributed by atoms with Gasteiger partial charge in [-0.15, -0.1) is 7.05 Å². The maximum absolute atomic E-state index is 10.1. The van der Waals surface area contributed by atoms with Crippen LogP contribution in [0.2, 0.25) is 0 Å². The zero-order valence-electron chi connectivity index (χ0n) is 7.30. The second-order valence-electron chi connectivity index (χ2n) is 4.10. The third kappa shape index (κ3) is 0.649. The van der Waals surface area contributed by atoms with Gasteiger partial charge in [-0.25, -0.2) is 0 Å². The Kier molecular flexibility index (Phi) is 1.20. The molecular weight excluding hydrogens is 174 g/mol. The fourth-order valence-corrected chi connectivity index (χ4v) is 2.53. The molecule has 0 bridgehead atoms. The summed E-state index contributed by atoms with van der Waals surface area (Å²) < 4.78 is 10.6. The van der Waals surface area contributed by atoms with Crippen molar-refractivity contribution in [3.63, 3.8) is 0 Å². The number of aliphatic hydroxyl groups is 2. The van der Waals surface area contributed by atoms with Crippen molar-refractivity contribution in [2.24, 2.45) is 0 Å². The molecule has 2 aliphatic heterocycles. The molecule has 0 amide bonds. The molecule has 0 aromatic carbocycles. The maximum Gasteiger partial charge on any atom is 0.236 e. The number of aliphatic hydroxyl groups excluding tert-OH is 1. The summed E-state index contributed by atoms with van der Waals surface area (Å²) in [5.41, 5.74) is -1.75. The van der Waals surface area contributed by atoms with Gasteiger partial charge >= 0.3 is 0 Å². The lowest BCUT2D eigenvalue weighted by Gasteiger charge is -2.25. The Bertz CT molecular complexity index is 271. The summed E-state index contributed by atoms with van der Waals surface area (Å²) in [7, 11) is 3.66. The van der Waals surface area contributed by atoms with E-state index in [1.807, 2.05) is 0 Å². The van der Waals surface area contributed by atoms with Gasteiger partial charge in [0.2, 0.25) is 5.72 Å². The first-order chi connectivity index (χ1) is 6.07. The molecule has 13 heavy (non-hydrogen) atoms. The molecule has 1 saturated carbocycles. The van der Waals surface area contributed by atoms with E-state index in [0.29, 0.717) is 0 Å². The molecule has 3 fully saturated rings. The molecule has 3 aliphatic rings. The molecular formula is C8H13NO4. The van der Waals surface area contributed by atoms with Crippen molar-refractivity contribution in [1.82, 2.24) is 0 Å². The Morgan fingerprint density at radius 3 is 2.62 bits per heavy atom. The normalized spacial score (nSPS) is 64.2. The van der Waals surface area contributed by atoms with E-state index < -0.39 is 17.4 Å². The monoisotopic (exact) mass is 187 g/mol. The average molecular weight is 187 g/mol. The summed E-state index contributed by atoms with van der Waals surface area (Å²) in [5.74, 6) is 0. The highest BCUT2D eigenvalue weighted by Gasteiger charge is 2.91. The summed E-state index contributed by atoms with van der Waals surface area (Å²) in [6.45, 7) is 1.56. The van der Waals surface area contributed by atoms with E-state index in [9.17, 15) is 10.2 Å². The molecule has 74 valence electrons. The predicted molar refractivity (Wildman–Crippen MR) is 40.2 cm³/mol. The second-order valence-corrected chi connectivity index (χ2v) is 4.10. The molecule has 5 heteroatoms. The van der Waals surface area contributed by atoms with Crippen LogP contribution in [0.1, 0.15) is 6.92 Å². The van der Waals surface area contributed by atoms with Crippen LogP contribution in [0.3, 0.4) is 0 Å². The molecule has 4 N–H and O–H groups in total. The van der Waals surface area contributed by atoms with Crippen molar-refractivity contribution in [3.05, 3.63) is 7.05 Å². The van der Waals surface area contributed by atoms with Crippen molar-refractivity contribution in [2.45, 2.75) is 42.7 Å². The standard InChI is InChI=1S/C8H13NO4/c1-3(10)7(11)4-5(12-4)8(9-2)6(7)13-8/h3-6,10-11H,2,9H2,1H3/t3-,4-,5+,6-,7-,8+/m1/s1. The number of ether oxygens (including phenoxy) is 2. The van der Waals surface area contributed by atoms with Crippen LogP contribution >= 0.6 is 0 Å². The highest BCUT2D eigenvalue weighted by Crippen LogP contribution is 2.62. The Morgan fingerprint density at radius 1 is 1.54 bits per heavy atom. The predicted octanol–water partition coefficient (Wildman–Crippen LogP) is -2.67. The molecule has 0 aromatic heterocycles. The van der Waals surface area contributed by atoms with Gasteiger partial charge in [-0.2, -0.15) is 0 Å². The second kappa shape index (κ2) is 1.92. The number of rotatable bonds is 2. The number of hydrogen-bond acceptors (Lipinski definition) is 4. The first kappa shape index (κ1) is 8.14. The van der Waals surface area contributed by atoms with Crippen LogP contribution < -0.4 is 5.32 Å². The van der Waals surface area contributed by atoms with E-state index in [1.165, 1.54) is 0 Å². The molecule has 3 rings (SSSR count). The van der Waals surface area contributed by atoms with Crippen LogP contribution in [0.15, 0.2) is 0 Å². The molecule has 0 spiro atoms. The zero-order valence-corrected chi connectivity index (χ0v) is 7.30. The molecule has 2 saturated heterocycles. The summed E-state index contributed by atoms with van der Waals surface area (Å²) in [6.07, 6.45) is -1.54. The van der Waals surface area contributed by atoms with Crippen LogP contribution in [-0.2, 0) is 9.47 Å². The van der Waals surface area contributed by atoms with E-state index in [2.05, 4.69) is 7.05 Å². The zero-order chi connectivity index (χ0) is 9.43. The van der Waals surface area contributed by atoms with Crippen LogP contribution in [0.5, 0.6) is 0 Å². The third-order valence-corrected chi connectivity index (χ3v) is 3.47. The summed E-state index contributed by atoms with van der Waals surface area (Å²) in [5, 5.41) is 21.3. The van der Waals surface area contributed by atoms with E-state index in [0.717, 1.165) is 0 Å². The summed E-state index contributed by atoms with van der Waals surface area (Å²) in [6, 6.07) is 0. The number of nitrogens with two attached hydrogens (primary N) is 1. The lowest BCUT2D eigenvalue weighted by atomic mass is 9.94. The van der Waals surface area contributed by atoms with E-state index in [-0.39, 0.29) is 18.3 Å². The van der Waals surface area contributed by atoms with Crippen LogP contribution in [-0.4, -0.2) is 46.0 Å². The number of epoxide rings is 2. The Balaban J connectivity index is 1.95. The molecule has 0 radical (unpaired) electrons. The first-order valence-corrected chi connectivity index (χ1v) is 4.44. The molecule has 0 aromatic rings. The topological polar surface area (TPSA) is 82.1 Å². The number of hydrogen-bond donors (Lipinski definition) is 3. The van der Waals surface area contributed by atoms with Gasteiger partial charge in [-0.1, -0.05) is 0 Å². The van der Waals surface area contributed by atoms with Gasteiger partial charge in [-0.05, 0) is 6.92 Å². The molecule has 6 atom stereocenters. The SMILES string of the molecule is [CH2-][NH2+][C@@]12O[C@@H]1[C@@](O)([C@@H](C)O)[C@@H]1O[C@@H]12. The maximum atomic E-state index is 10.1. The fraction of sp³-hybridized carbons (Fsp3) is 0.875. The average Bonchev–Trinajstić information content (AvgIpc) is 2.95.